The smallest absolute Gasteiger partial charge is 0.313 e. The first kappa shape index (κ1) is 14.7. The lowest BCUT2D eigenvalue weighted by Crippen LogP contribution is -1.91. The van der Waals surface area contributed by atoms with Crippen molar-refractivity contribution in [3.8, 4) is 0 Å². The number of alkyl halides is 1. The third-order valence-corrected chi connectivity index (χ3v) is 1.78. The first-order valence-electron chi connectivity index (χ1n) is 4.07. The van der Waals surface area contributed by atoms with Crippen LogP contribution in [-0.4, -0.2) is 27.2 Å². The Hall–Kier alpha value is 0.160. The van der Waals surface area contributed by atoms with Gasteiger partial charge < -0.3 is 10.2 Å². The summed E-state index contributed by atoms with van der Waals surface area (Å²) in [6.45, 7) is 2.53. The number of carboxylic acids is 1. The van der Waals surface area contributed by atoms with E-state index in [2.05, 4.69) is 6.92 Å². The molecule has 0 fully saturated rings. The lowest BCUT2D eigenvalue weighted by molar-refractivity contribution is -0.133. The molecule has 0 unspecified atom stereocenters. The molecular formula is C8H17IO3. The number of hydrogen-bond acceptors (Lipinski definition) is 2. The van der Waals surface area contributed by atoms with Crippen molar-refractivity contribution in [2.45, 2.75) is 32.6 Å². The monoisotopic (exact) mass is 288 g/mol. The molecule has 0 rings (SSSR count). The van der Waals surface area contributed by atoms with E-state index in [9.17, 15) is 4.79 Å². The summed E-state index contributed by atoms with van der Waals surface area (Å²) >= 11 is 1.78. The van der Waals surface area contributed by atoms with Gasteiger partial charge in [-0.15, -0.1) is 0 Å². The van der Waals surface area contributed by atoms with Gasteiger partial charge in [0.1, 0.15) is 0 Å². The van der Waals surface area contributed by atoms with Gasteiger partial charge in [-0.1, -0.05) is 48.8 Å². The fourth-order valence-electron chi connectivity index (χ4n) is 0.539. The Labute approximate surface area is 87.3 Å². The molecule has 0 aromatic carbocycles. The van der Waals surface area contributed by atoms with Gasteiger partial charge >= 0.3 is 5.97 Å². The van der Waals surface area contributed by atoms with Crippen molar-refractivity contribution in [1.82, 2.24) is 0 Å². The Kier molecular flexibility index (Phi) is 16.8. The van der Waals surface area contributed by atoms with E-state index >= 15 is 0 Å². The van der Waals surface area contributed by atoms with Crippen molar-refractivity contribution in [3.63, 3.8) is 0 Å². The summed E-state index contributed by atoms with van der Waals surface area (Å²) in [4.78, 5) is 9.36. The van der Waals surface area contributed by atoms with E-state index in [0.29, 0.717) is 6.61 Å². The van der Waals surface area contributed by atoms with E-state index in [0.717, 1.165) is 6.42 Å². The lowest BCUT2D eigenvalue weighted by atomic mass is 10.2. The minimum atomic E-state index is -0.759. The number of rotatable bonds is 5. The summed E-state index contributed by atoms with van der Waals surface area (Å²) in [5.74, 6) is -0.759. The normalized spacial score (nSPS) is 8.58. The van der Waals surface area contributed by atoms with Crippen LogP contribution in [0.4, 0.5) is 0 Å². The van der Waals surface area contributed by atoms with Gasteiger partial charge in [-0.25, -0.2) is 0 Å². The highest BCUT2D eigenvalue weighted by molar-refractivity contribution is 14.1. The van der Waals surface area contributed by atoms with Crippen LogP contribution in [0.1, 0.15) is 32.6 Å². The highest BCUT2D eigenvalue weighted by atomic mass is 127. The van der Waals surface area contributed by atoms with Crippen LogP contribution >= 0.6 is 22.6 Å². The van der Waals surface area contributed by atoms with Crippen LogP contribution < -0.4 is 0 Å². The minimum Gasteiger partial charge on any atom is -0.481 e. The Balaban J connectivity index is 0. The molecule has 74 valence electrons. The molecule has 4 heteroatoms. The SMILES string of the molecule is CCCCCCO.O=C(O)CI. The number of halogens is 1. The molecule has 2 N–H and O–H groups in total. The molecule has 0 aliphatic heterocycles. The van der Waals surface area contributed by atoms with E-state index < -0.39 is 5.97 Å². The van der Waals surface area contributed by atoms with Gasteiger partial charge in [-0.05, 0) is 6.42 Å². The van der Waals surface area contributed by atoms with E-state index in [1.807, 2.05) is 0 Å². The Morgan fingerprint density at radius 2 is 1.83 bits per heavy atom. The van der Waals surface area contributed by atoms with Gasteiger partial charge in [0.25, 0.3) is 0 Å². The lowest BCUT2D eigenvalue weighted by Gasteiger charge is -1.90. The minimum absolute atomic E-state index is 0.192. The molecular weight excluding hydrogens is 271 g/mol. The summed E-state index contributed by atoms with van der Waals surface area (Å²) in [5.41, 5.74) is 0. The van der Waals surface area contributed by atoms with Gasteiger partial charge in [-0.2, -0.15) is 0 Å². The molecule has 0 aromatic rings. The molecule has 0 aromatic heterocycles. The van der Waals surface area contributed by atoms with Crippen molar-refractivity contribution in [2.24, 2.45) is 0 Å². The van der Waals surface area contributed by atoms with E-state index in [-0.39, 0.29) is 4.43 Å². The maximum absolute atomic E-state index is 9.36. The molecule has 0 spiro atoms. The molecule has 0 aliphatic carbocycles. The molecule has 0 saturated heterocycles. The predicted molar refractivity (Wildman–Crippen MR) is 57.8 cm³/mol. The average molecular weight is 288 g/mol. The second-order valence-electron chi connectivity index (χ2n) is 2.31. The average Bonchev–Trinajstić information content (AvgIpc) is 2.07. The van der Waals surface area contributed by atoms with Gasteiger partial charge in [0.05, 0.1) is 4.43 Å². The summed E-state index contributed by atoms with van der Waals surface area (Å²) < 4.78 is 0.192. The molecule has 3 nitrogen and oxygen atoms in total. The molecule has 0 aliphatic rings. The molecule has 0 atom stereocenters. The van der Waals surface area contributed by atoms with Gasteiger partial charge in [-0.3, -0.25) is 4.79 Å². The number of carboxylic acid groups (broad SMARTS) is 1. The zero-order chi connectivity index (χ0) is 9.82. The summed E-state index contributed by atoms with van der Waals surface area (Å²) in [6.07, 6.45) is 4.68. The second kappa shape index (κ2) is 13.7. The maximum Gasteiger partial charge on any atom is 0.313 e. The Morgan fingerprint density at radius 3 is 2.08 bits per heavy atom. The third kappa shape index (κ3) is 22.5. The van der Waals surface area contributed by atoms with E-state index in [1.54, 1.807) is 22.6 Å². The van der Waals surface area contributed by atoms with Gasteiger partial charge in [0.2, 0.25) is 0 Å². The summed E-state index contributed by atoms with van der Waals surface area (Å²) in [7, 11) is 0. The molecule has 0 radical (unpaired) electrons. The van der Waals surface area contributed by atoms with Crippen LogP contribution in [-0.2, 0) is 4.79 Å². The molecule has 0 bridgehead atoms. The number of aliphatic carboxylic acids is 1. The third-order valence-electron chi connectivity index (χ3n) is 1.13. The number of unbranched alkanes of at least 4 members (excludes halogenated alkanes) is 3. The number of aliphatic hydroxyl groups excluding tert-OH is 1. The fraction of sp³-hybridized carbons (Fsp3) is 0.875. The van der Waals surface area contributed by atoms with Crippen molar-refractivity contribution in [3.05, 3.63) is 0 Å². The zero-order valence-corrected chi connectivity index (χ0v) is 9.58. The maximum atomic E-state index is 9.36. The summed E-state index contributed by atoms with van der Waals surface area (Å²) in [6, 6.07) is 0. The molecule has 0 heterocycles. The largest absolute Gasteiger partial charge is 0.481 e. The van der Waals surface area contributed by atoms with Crippen molar-refractivity contribution in [2.75, 3.05) is 11.0 Å². The van der Waals surface area contributed by atoms with Crippen LogP contribution in [0.15, 0.2) is 0 Å². The number of hydrogen-bond donors (Lipinski definition) is 2. The molecule has 12 heavy (non-hydrogen) atoms. The highest BCUT2D eigenvalue weighted by Gasteiger charge is 1.83. The predicted octanol–water partition coefficient (Wildman–Crippen LogP) is 2.06. The van der Waals surface area contributed by atoms with Crippen molar-refractivity contribution < 1.29 is 15.0 Å². The van der Waals surface area contributed by atoms with Crippen molar-refractivity contribution >= 4 is 28.6 Å². The number of carbonyl (C=O) groups is 1. The van der Waals surface area contributed by atoms with Crippen LogP contribution in [0.3, 0.4) is 0 Å². The fourth-order valence-corrected chi connectivity index (χ4v) is 0.539. The van der Waals surface area contributed by atoms with Crippen LogP contribution in [0, 0.1) is 0 Å². The number of aliphatic hydroxyl groups is 1. The van der Waals surface area contributed by atoms with E-state index in [1.165, 1.54) is 19.3 Å². The Bertz CT molecular complexity index is 92.3. The van der Waals surface area contributed by atoms with Gasteiger partial charge in [0, 0.05) is 6.61 Å². The molecule has 0 amide bonds. The first-order chi connectivity index (χ1) is 5.68. The molecule has 0 saturated carbocycles. The topological polar surface area (TPSA) is 57.5 Å². The quantitative estimate of drug-likeness (QED) is 0.462. The van der Waals surface area contributed by atoms with Crippen LogP contribution in [0.25, 0.3) is 0 Å². The standard InChI is InChI=1S/C6H14O.C2H3IO2/c1-2-3-4-5-6-7;3-1-2(4)5/h7H,2-6H2,1H3;1H2,(H,4,5). The van der Waals surface area contributed by atoms with Crippen molar-refractivity contribution in [1.29, 1.82) is 0 Å². The first-order valence-corrected chi connectivity index (χ1v) is 5.60. The summed E-state index contributed by atoms with van der Waals surface area (Å²) in [5, 5.41) is 16.0. The van der Waals surface area contributed by atoms with Gasteiger partial charge in [0.15, 0.2) is 0 Å². The second-order valence-corrected chi connectivity index (χ2v) is 3.07. The Morgan fingerprint density at radius 1 is 1.33 bits per heavy atom. The van der Waals surface area contributed by atoms with E-state index in [4.69, 9.17) is 10.2 Å². The van der Waals surface area contributed by atoms with Crippen LogP contribution in [0.5, 0.6) is 0 Å². The zero-order valence-electron chi connectivity index (χ0n) is 7.42. The van der Waals surface area contributed by atoms with Crippen LogP contribution in [0.2, 0.25) is 0 Å². The highest BCUT2D eigenvalue weighted by Crippen LogP contribution is 1.96.